The average Bonchev–Trinajstić information content (AvgIpc) is 3.39. The molecule has 27 heavy (non-hydrogen) atoms. The van der Waals surface area contributed by atoms with E-state index in [0.717, 1.165) is 22.7 Å². The summed E-state index contributed by atoms with van der Waals surface area (Å²) in [6.07, 6.45) is 2.41. The van der Waals surface area contributed by atoms with Crippen LogP contribution >= 0.6 is 11.3 Å². The molecular formula is C21H19FN2O2S. The second kappa shape index (κ2) is 7.88. The Hall–Kier alpha value is -2.73. The number of nitrogens with one attached hydrogen (secondary N) is 1. The summed E-state index contributed by atoms with van der Waals surface area (Å²) in [5.74, 6) is 0.959. The summed E-state index contributed by atoms with van der Waals surface area (Å²) in [6, 6.07) is 13.9. The van der Waals surface area contributed by atoms with Gasteiger partial charge >= 0.3 is 0 Å². The van der Waals surface area contributed by atoms with E-state index in [0.29, 0.717) is 24.0 Å². The molecule has 1 amide bonds. The van der Waals surface area contributed by atoms with E-state index in [9.17, 15) is 9.18 Å². The Morgan fingerprint density at radius 1 is 1.22 bits per heavy atom. The van der Waals surface area contributed by atoms with Crippen LogP contribution in [0.3, 0.4) is 0 Å². The van der Waals surface area contributed by atoms with Gasteiger partial charge in [0.2, 0.25) is 0 Å². The molecule has 1 aliphatic carbocycles. The van der Waals surface area contributed by atoms with Crippen LogP contribution in [0.5, 0.6) is 5.75 Å². The largest absolute Gasteiger partial charge is 0.489 e. The topological polar surface area (TPSA) is 51.2 Å². The number of hydrogen-bond acceptors (Lipinski definition) is 4. The zero-order valence-corrected chi connectivity index (χ0v) is 15.5. The fraction of sp³-hybridized carbons (Fsp3) is 0.238. The van der Waals surface area contributed by atoms with Crippen LogP contribution in [0.25, 0.3) is 10.6 Å². The van der Waals surface area contributed by atoms with Crippen molar-refractivity contribution in [2.45, 2.75) is 19.4 Å². The van der Waals surface area contributed by atoms with Crippen molar-refractivity contribution < 1.29 is 13.9 Å². The molecule has 1 heterocycles. The fourth-order valence-electron chi connectivity index (χ4n) is 2.65. The van der Waals surface area contributed by atoms with Crippen LogP contribution in [0, 0.1) is 11.7 Å². The molecule has 0 spiro atoms. The maximum Gasteiger partial charge on any atom is 0.270 e. The molecule has 1 fully saturated rings. The van der Waals surface area contributed by atoms with Gasteiger partial charge in [0.05, 0.1) is 0 Å². The number of carbonyl (C=O) groups excluding carboxylic acids is 1. The molecule has 138 valence electrons. The van der Waals surface area contributed by atoms with Crippen LogP contribution in [-0.4, -0.2) is 17.4 Å². The number of carbonyl (C=O) groups is 1. The van der Waals surface area contributed by atoms with E-state index in [1.54, 1.807) is 11.4 Å². The lowest BCUT2D eigenvalue weighted by molar-refractivity contribution is 0.0947. The highest BCUT2D eigenvalue weighted by molar-refractivity contribution is 7.13. The summed E-state index contributed by atoms with van der Waals surface area (Å²) in [5.41, 5.74) is 2.17. The second-order valence-corrected chi connectivity index (χ2v) is 7.49. The summed E-state index contributed by atoms with van der Waals surface area (Å²) in [5, 5.41) is 5.51. The maximum atomic E-state index is 13.2. The lowest BCUT2D eigenvalue weighted by Crippen LogP contribution is -2.25. The van der Waals surface area contributed by atoms with Crippen LogP contribution in [-0.2, 0) is 6.61 Å². The molecule has 0 atom stereocenters. The molecule has 1 N–H and O–H groups in total. The number of aromatic nitrogens is 1. The van der Waals surface area contributed by atoms with Crippen LogP contribution in [0.15, 0.2) is 53.9 Å². The molecular weight excluding hydrogens is 363 g/mol. The average molecular weight is 382 g/mol. The highest BCUT2D eigenvalue weighted by atomic mass is 32.1. The molecule has 4 rings (SSSR count). The highest BCUT2D eigenvalue weighted by Gasteiger charge is 2.22. The summed E-state index contributed by atoms with van der Waals surface area (Å²) in [4.78, 5) is 16.5. The first-order valence-electron chi connectivity index (χ1n) is 8.89. The van der Waals surface area contributed by atoms with Gasteiger partial charge in [-0.15, -0.1) is 11.3 Å². The first-order chi connectivity index (χ1) is 13.2. The number of hydrogen-bond donors (Lipinski definition) is 1. The Kier molecular flexibility index (Phi) is 5.16. The summed E-state index contributed by atoms with van der Waals surface area (Å²) < 4.78 is 18.9. The second-order valence-electron chi connectivity index (χ2n) is 6.63. The van der Waals surface area contributed by atoms with E-state index in [1.807, 2.05) is 30.3 Å². The van der Waals surface area contributed by atoms with Gasteiger partial charge < -0.3 is 10.1 Å². The van der Waals surface area contributed by atoms with Gasteiger partial charge in [-0.2, -0.15) is 0 Å². The van der Waals surface area contributed by atoms with Gasteiger partial charge in [-0.05, 0) is 60.7 Å². The third-order valence-electron chi connectivity index (χ3n) is 4.38. The zero-order chi connectivity index (χ0) is 18.6. The number of halogens is 1. The van der Waals surface area contributed by atoms with Crippen molar-refractivity contribution in [3.8, 4) is 16.3 Å². The van der Waals surface area contributed by atoms with Gasteiger partial charge in [0, 0.05) is 17.5 Å². The van der Waals surface area contributed by atoms with Gasteiger partial charge in [0.15, 0.2) is 0 Å². The van der Waals surface area contributed by atoms with Gasteiger partial charge in [0.1, 0.15) is 28.9 Å². The van der Waals surface area contributed by atoms with Crippen molar-refractivity contribution in [3.63, 3.8) is 0 Å². The molecule has 0 aliphatic heterocycles. The molecule has 0 bridgehead atoms. The predicted octanol–water partition coefficient (Wildman–Crippen LogP) is 4.67. The van der Waals surface area contributed by atoms with Crippen LogP contribution in [0.2, 0.25) is 0 Å². The minimum absolute atomic E-state index is 0.112. The van der Waals surface area contributed by atoms with E-state index in [1.165, 1.54) is 36.3 Å². The molecule has 6 heteroatoms. The van der Waals surface area contributed by atoms with Crippen molar-refractivity contribution in [2.75, 3.05) is 6.54 Å². The first-order valence-corrected chi connectivity index (χ1v) is 9.77. The molecule has 1 aliphatic rings. The normalized spacial score (nSPS) is 13.4. The molecule has 4 nitrogen and oxygen atoms in total. The predicted molar refractivity (Wildman–Crippen MR) is 103 cm³/mol. The third-order valence-corrected chi connectivity index (χ3v) is 5.27. The molecule has 0 unspecified atom stereocenters. The Morgan fingerprint density at radius 3 is 2.78 bits per heavy atom. The van der Waals surface area contributed by atoms with Gasteiger partial charge in [-0.1, -0.05) is 12.1 Å². The summed E-state index contributed by atoms with van der Waals surface area (Å²) in [7, 11) is 0. The molecule has 0 saturated heterocycles. The summed E-state index contributed by atoms with van der Waals surface area (Å²) in [6.45, 7) is 1.04. The number of benzene rings is 2. The smallest absolute Gasteiger partial charge is 0.270 e. The minimum Gasteiger partial charge on any atom is -0.489 e. The quantitative estimate of drug-likeness (QED) is 0.646. The van der Waals surface area contributed by atoms with E-state index in [4.69, 9.17) is 4.74 Å². The number of thiazole rings is 1. The Morgan fingerprint density at radius 2 is 2.04 bits per heavy atom. The number of rotatable bonds is 7. The van der Waals surface area contributed by atoms with Gasteiger partial charge in [-0.3, -0.25) is 4.79 Å². The van der Waals surface area contributed by atoms with Crippen molar-refractivity contribution >= 4 is 17.2 Å². The first kappa shape index (κ1) is 17.7. The maximum absolute atomic E-state index is 13.2. The van der Waals surface area contributed by atoms with Crippen molar-refractivity contribution in [2.24, 2.45) is 5.92 Å². The van der Waals surface area contributed by atoms with Crippen molar-refractivity contribution in [1.82, 2.24) is 10.3 Å². The molecule has 1 saturated carbocycles. The van der Waals surface area contributed by atoms with E-state index < -0.39 is 0 Å². The number of amides is 1. The SMILES string of the molecule is O=C(NCC1CC1)c1csc(-c2ccc(OCc3cccc(F)c3)cc2)n1. The monoisotopic (exact) mass is 382 g/mol. The standard InChI is InChI=1S/C21H19FN2O2S/c22-17-3-1-2-15(10-17)12-26-18-8-6-16(7-9-18)21-24-19(13-27-21)20(25)23-11-14-4-5-14/h1-3,6-10,13-14H,4-5,11-12H2,(H,23,25). The Labute approximate surface area is 161 Å². The molecule has 1 aromatic heterocycles. The Bertz CT molecular complexity index is 935. The fourth-order valence-corrected chi connectivity index (χ4v) is 3.45. The van der Waals surface area contributed by atoms with Crippen LogP contribution in [0.1, 0.15) is 28.9 Å². The molecule has 2 aromatic carbocycles. The van der Waals surface area contributed by atoms with E-state index in [-0.39, 0.29) is 11.7 Å². The van der Waals surface area contributed by atoms with Crippen molar-refractivity contribution in [1.29, 1.82) is 0 Å². The molecule has 3 aromatic rings. The van der Waals surface area contributed by atoms with E-state index >= 15 is 0 Å². The van der Waals surface area contributed by atoms with Crippen LogP contribution < -0.4 is 10.1 Å². The lowest BCUT2D eigenvalue weighted by atomic mass is 10.2. The Balaban J connectivity index is 1.36. The van der Waals surface area contributed by atoms with Gasteiger partial charge in [-0.25, -0.2) is 9.37 Å². The van der Waals surface area contributed by atoms with Crippen molar-refractivity contribution in [3.05, 3.63) is 71.0 Å². The molecule has 0 radical (unpaired) electrons. The van der Waals surface area contributed by atoms with E-state index in [2.05, 4.69) is 10.3 Å². The van der Waals surface area contributed by atoms with Gasteiger partial charge in [0.25, 0.3) is 5.91 Å². The minimum atomic E-state index is -0.271. The summed E-state index contributed by atoms with van der Waals surface area (Å²) >= 11 is 1.44. The third kappa shape index (κ3) is 4.71. The highest BCUT2D eigenvalue weighted by Crippen LogP contribution is 2.28. The lowest BCUT2D eigenvalue weighted by Gasteiger charge is -2.07. The number of nitrogens with zero attached hydrogens (tertiary/aromatic N) is 1. The number of ether oxygens (including phenoxy) is 1. The zero-order valence-electron chi connectivity index (χ0n) is 14.7. The van der Waals surface area contributed by atoms with Crippen LogP contribution in [0.4, 0.5) is 4.39 Å².